The Morgan fingerprint density at radius 2 is 1.50 bits per heavy atom. The Balaban J connectivity index is 1.31. The van der Waals surface area contributed by atoms with Crippen molar-refractivity contribution in [3.05, 3.63) is 99.7 Å². The van der Waals surface area contributed by atoms with Crippen molar-refractivity contribution in [2.45, 2.75) is 57.7 Å². The van der Waals surface area contributed by atoms with Crippen LogP contribution < -0.4 is 29.6 Å². The molecule has 292 valence electrons. The van der Waals surface area contributed by atoms with E-state index in [1.165, 1.54) is 24.3 Å². The van der Waals surface area contributed by atoms with Gasteiger partial charge in [0.25, 0.3) is 5.69 Å². The van der Waals surface area contributed by atoms with E-state index in [0.717, 1.165) is 0 Å². The third-order valence-corrected chi connectivity index (χ3v) is 9.30. The zero-order valence-corrected chi connectivity index (χ0v) is 31.1. The Hall–Kier alpha value is -5.38. The Morgan fingerprint density at radius 1 is 0.926 bits per heavy atom. The number of nitro benzene ring substituents is 1. The molecule has 0 spiro atoms. The summed E-state index contributed by atoms with van der Waals surface area (Å²) in [4.78, 5) is 36.6. The average molecular weight is 752 g/mol. The summed E-state index contributed by atoms with van der Waals surface area (Å²) in [5, 5.41) is 49.3. The van der Waals surface area contributed by atoms with Crippen molar-refractivity contribution in [1.29, 1.82) is 0 Å². The second-order valence-corrected chi connectivity index (χ2v) is 13.7. The number of rotatable bonds is 21. The molecule has 5 N–H and O–H groups in total. The summed E-state index contributed by atoms with van der Waals surface area (Å²) in [5.41, 5.74) is -2.19. The minimum absolute atomic E-state index is 0.0881. The molecule has 3 aromatic rings. The third-order valence-electron chi connectivity index (χ3n) is 9.30. The first-order valence-electron chi connectivity index (χ1n) is 17.5. The van der Waals surface area contributed by atoms with Crippen LogP contribution in [0.1, 0.15) is 45.6 Å². The number of nitro groups is 1. The molecule has 0 saturated heterocycles. The molecule has 4 atom stereocenters. The van der Waals surface area contributed by atoms with Gasteiger partial charge in [-0.2, -0.15) is 0 Å². The second-order valence-electron chi connectivity index (χ2n) is 13.7. The molecule has 0 fully saturated rings. The lowest BCUT2D eigenvalue weighted by Gasteiger charge is -2.46. The molecule has 1 aliphatic heterocycles. The average Bonchev–Trinajstić information content (AvgIpc) is 3.14. The number of benzene rings is 3. The molecule has 15 heteroatoms. The molecular weight excluding hydrogens is 702 g/mol. The van der Waals surface area contributed by atoms with Crippen LogP contribution >= 0.6 is 0 Å². The van der Waals surface area contributed by atoms with Gasteiger partial charge in [-0.1, -0.05) is 12.1 Å². The maximum Gasteiger partial charge on any atom is 0.333 e. The minimum atomic E-state index is -1.73. The monoisotopic (exact) mass is 751 g/mol. The third kappa shape index (κ3) is 10.6. The highest BCUT2D eigenvalue weighted by Gasteiger charge is 2.56. The molecule has 1 heterocycles. The number of allylic oxidation sites excluding steroid dienone is 1. The fourth-order valence-electron chi connectivity index (χ4n) is 6.40. The number of ether oxygens (including phenoxy) is 5. The number of carboxylic acids is 2. The minimum Gasteiger partial charge on any atom is -0.494 e. The molecule has 4 unspecified atom stereocenters. The number of carboxylic acid groups (broad SMARTS) is 2. The van der Waals surface area contributed by atoms with Crippen LogP contribution in [0.3, 0.4) is 0 Å². The van der Waals surface area contributed by atoms with Crippen LogP contribution in [0.2, 0.25) is 0 Å². The number of non-ortho nitro benzene ring substituents is 1. The largest absolute Gasteiger partial charge is 0.494 e. The zero-order valence-electron chi connectivity index (χ0n) is 31.1. The quantitative estimate of drug-likeness (QED) is 0.0564. The van der Waals surface area contributed by atoms with Gasteiger partial charge in [-0.25, -0.2) is 4.79 Å². The molecular formula is C39H49N3O12. The van der Waals surface area contributed by atoms with Crippen molar-refractivity contribution < 1.29 is 53.5 Å². The van der Waals surface area contributed by atoms with Gasteiger partial charge in [-0.3, -0.25) is 14.9 Å². The number of nitrogens with zero attached hydrogens (tertiary/aromatic N) is 1. The van der Waals surface area contributed by atoms with Gasteiger partial charge >= 0.3 is 11.9 Å². The van der Waals surface area contributed by atoms with Crippen molar-refractivity contribution in [3.8, 4) is 23.0 Å². The molecule has 0 radical (unpaired) electrons. The first kappa shape index (κ1) is 41.4. The number of carbonyl (C=O) groups is 2. The van der Waals surface area contributed by atoms with Crippen molar-refractivity contribution in [1.82, 2.24) is 10.6 Å². The number of aliphatic carboxylic acids is 2. The lowest BCUT2D eigenvalue weighted by atomic mass is 9.60. The predicted molar refractivity (Wildman–Crippen MR) is 198 cm³/mol. The molecule has 3 aromatic carbocycles. The van der Waals surface area contributed by atoms with Crippen LogP contribution in [-0.2, 0) is 14.3 Å². The molecule has 4 rings (SSSR count). The second kappa shape index (κ2) is 18.6. The van der Waals surface area contributed by atoms with Gasteiger partial charge < -0.3 is 49.6 Å². The van der Waals surface area contributed by atoms with Crippen molar-refractivity contribution >= 4 is 17.6 Å². The Morgan fingerprint density at radius 3 is 2.06 bits per heavy atom. The molecule has 1 aliphatic rings. The summed E-state index contributed by atoms with van der Waals surface area (Å²) in [6.45, 7) is 8.55. The van der Waals surface area contributed by atoms with Gasteiger partial charge in [0.05, 0.1) is 23.7 Å². The highest BCUT2D eigenvalue weighted by molar-refractivity contribution is 5.93. The lowest BCUT2D eigenvalue weighted by Crippen LogP contribution is -2.57. The number of nitrogens with one attached hydrogen (secondary N) is 2. The Kier molecular flexibility index (Phi) is 14.2. The Labute approximate surface area is 314 Å². The molecule has 0 amide bonds. The number of aliphatic hydroxyl groups is 1. The molecule has 54 heavy (non-hydrogen) atoms. The normalized spacial score (nSPS) is 19.0. The maximum absolute atomic E-state index is 13.1. The van der Waals surface area contributed by atoms with E-state index in [1.807, 2.05) is 13.8 Å². The first-order valence-corrected chi connectivity index (χ1v) is 17.5. The van der Waals surface area contributed by atoms with Gasteiger partial charge in [0, 0.05) is 55.4 Å². The van der Waals surface area contributed by atoms with Gasteiger partial charge in [0.15, 0.2) is 0 Å². The predicted octanol–water partition coefficient (Wildman–Crippen LogP) is 4.78. The van der Waals surface area contributed by atoms with Crippen molar-refractivity contribution in [3.63, 3.8) is 0 Å². The Bertz CT molecular complexity index is 1760. The van der Waals surface area contributed by atoms with E-state index in [2.05, 4.69) is 10.6 Å². The van der Waals surface area contributed by atoms with Crippen LogP contribution in [0.25, 0.3) is 0 Å². The number of hydrogen-bond donors (Lipinski definition) is 5. The van der Waals surface area contributed by atoms with E-state index in [-0.39, 0.29) is 55.3 Å². The summed E-state index contributed by atoms with van der Waals surface area (Å²) in [6, 6.07) is 18.6. The number of aliphatic hydroxyl groups excluding tert-OH is 1. The van der Waals surface area contributed by atoms with E-state index in [0.29, 0.717) is 36.2 Å². The topological polar surface area (TPSA) is 208 Å². The van der Waals surface area contributed by atoms with E-state index < -0.39 is 45.9 Å². The van der Waals surface area contributed by atoms with Gasteiger partial charge in [-0.15, -0.1) is 0 Å². The zero-order chi connectivity index (χ0) is 39.5. The molecule has 0 aliphatic carbocycles. The van der Waals surface area contributed by atoms with Crippen LogP contribution in [0.15, 0.2) is 84.1 Å². The molecule has 15 nitrogen and oxygen atoms in total. The SMILES string of the molecule is COCCOc1ccc(OCC(O)CNC(C)(C)COc2ccc(OCCC3(C(=O)O)C(C)NC(C)=C(C(=O)O)C3c3cccc([N+](=O)[O-])c3)cc2)cc1. The van der Waals surface area contributed by atoms with E-state index in [9.17, 15) is 35.0 Å². The van der Waals surface area contributed by atoms with Gasteiger partial charge in [-0.05, 0) is 81.8 Å². The van der Waals surface area contributed by atoms with Gasteiger partial charge in [0.1, 0.15) is 54.3 Å². The van der Waals surface area contributed by atoms with Gasteiger partial charge in [0.2, 0.25) is 0 Å². The standard InChI is InChI=1S/C39H49N3O12/c1-25-34(36(44)45)35(27-7-6-8-28(21-27)42(48)49)39(37(46)47,26(2)41-25)17-18-51-30-11-15-33(16-12-30)54-24-38(3,4)40-22-29(43)23-53-32-13-9-31(10-14-32)52-20-19-50-5/h6-16,21,26,29,35,40-41,43H,17-20,22-24H2,1-5H3,(H,44,45)(H,46,47). The van der Waals surface area contributed by atoms with Crippen molar-refractivity contribution in [2.24, 2.45) is 5.41 Å². The molecule has 0 saturated carbocycles. The van der Waals surface area contributed by atoms with E-state index >= 15 is 0 Å². The number of hydrogen-bond acceptors (Lipinski definition) is 12. The highest BCUT2D eigenvalue weighted by atomic mass is 16.6. The highest BCUT2D eigenvalue weighted by Crippen LogP contribution is 2.51. The summed E-state index contributed by atoms with van der Waals surface area (Å²) in [7, 11) is 1.61. The summed E-state index contributed by atoms with van der Waals surface area (Å²) < 4.78 is 28.2. The first-order chi connectivity index (χ1) is 25.7. The van der Waals surface area contributed by atoms with Crippen molar-refractivity contribution in [2.75, 3.05) is 46.7 Å². The molecule has 0 bridgehead atoms. The van der Waals surface area contributed by atoms with Crippen LogP contribution in [0.5, 0.6) is 23.0 Å². The fraction of sp³-hybridized carbons (Fsp3) is 0.436. The number of methoxy groups -OCH3 is 1. The van der Waals surface area contributed by atoms with Crippen LogP contribution in [0.4, 0.5) is 5.69 Å². The summed E-state index contributed by atoms with van der Waals surface area (Å²) in [5.74, 6) is -1.50. The smallest absolute Gasteiger partial charge is 0.333 e. The lowest BCUT2D eigenvalue weighted by molar-refractivity contribution is -0.384. The van der Waals surface area contributed by atoms with Crippen LogP contribution in [0, 0.1) is 15.5 Å². The van der Waals surface area contributed by atoms with Crippen LogP contribution in [-0.4, -0.2) is 96.6 Å². The number of β-amino-alcohol motifs (C(OH)–C–C–N with tert-alkyl or cyclic N) is 1. The summed E-state index contributed by atoms with van der Waals surface area (Å²) in [6.07, 6.45) is -0.886. The maximum atomic E-state index is 13.1. The van der Waals surface area contributed by atoms with E-state index in [4.69, 9.17) is 23.7 Å². The van der Waals surface area contributed by atoms with E-state index in [1.54, 1.807) is 69.5 Å². The molecule has 0 aromatic heterocycles. The summed E-state index contributed by atoms with van der Waals surface area (Å²) >= 11 is 0. The fourth-order valence-corrected chi connectivity index (χ4v) is 6.40.